The average Bonchev–Trinajstić information content (AvgIpc) is 2.26. The highest BCUT2D eigenvalue weighted by molar-refractivity contribution is 7.88. The summed E-state index contributed by atoms with van der Waals surface area (Å²) in [6.07, 6.45) is 2.93. The predicted molar refractivity (Wildman–Crippen MR) is 73.0 cm³/mol. The molecular weight excluding hydrogens is 278 g/mol. The summed E-state index contributed by atoms with van der Waals surface area (Å²) in [5, 5.41) is 0.450. The quantitative estimate of drug-likeness (QED) is 0.668. The summed E-state index contributed by atoms with van der Waals surface area (Å²) < 4.78 is 17.2. The minimum Gasteiger partial charge on any atom is -0.428 e. The van der Waals surface area contributed by atoms with Gasteiger partial charge in [-0.15, -0.1) is 0 Å². The maximum Gasteiger partial charge on any atom is 0.359 e. The van der Waals surface area contributed by atoms with Gasteiger partial charge in [-0.3, -0.25) is 4.57 Å². The van der Waals surface area contributed by atoms with E-state index in [1.165, 1.54) is 0 Å². The first kappa shape index (κ1) is 13.0. The van der Waals surface area contributed by atoms with Crippen molar-refractivity contribution in [1.29, 1.82) is 0 Å². The van der Waals surface area contributed by atoms with Gasteiger partial charge < -0.3 is 4.52 Å². The fraction of sp³-hybridized carbons (Fsp3) is 0.333. The van der Waals surface area contributed by atoms with Crippen molar-refractivity contribution in [1.82, 2.24) is 0 Å². The lowest BCUT2D eigenvalue weighted by Gasteiger charge is -2.22. The van der Waals surface area contributed by atoms with Crippen molar-refractivity contribution >= 4 is 35.1 Å². The summed E-state index contributed by atoms with van der Waals surface area (Å²) in [6, 6.07) is 5.48. The van der Waals surface area contributed by atoms with Crippen LogP contribution >= 0.6 is 29.6 Å². The summed E-state index contributed by atoms with van der Waals surface area (Å²) in [5.74, 6) is 1.99. The zero-order valence-electron chi connectivity index (χ0n) is 9.45. The van der Waals surface area contributed by atoms with Crippen LogP contribution in [0.25, 0.3) is 5.57 Å². The van der Waals surface area contributed by atoms with E-state index in [0.29, 0.717) is 10.8 Å². The SMILES string of the molecule is CCCCC1=CP(=O)(Cl)Oc2c(Cl)cccc21. The highest BCUT2D eigenvalue weighted by Crippen LogP contribution is 2.61. The van der Waals surface area contributed by atoms with E-state index in [1.54, 1.807) is 11.9 Å². The molecule has 0 amide bonds. The molecule has 1 aliphatic heterocycles. The lowest BCUT2D eigenvalue weighted by Crippen LogP contribution is -1.99. The number of hydrogen-bond donors (Lipinski definition) is 0. The van der Waals surface area contributed by atoms with E-state index in [0.717, 1.165) is 30.4 Å². The maximum atomic E-state index is 11.9. The molecule has 1 unspecified atom stereocenters. The van der Waals surface area contributed by atoms with E-state index in [9.17, 15) is 4.57 Å². The molecule has 0 aromatic heterocycles. The van der Waals surface area contributed by atoms with Crippen LogP contribution in [0, 0.1) is 0 Å². The van der Waals surface area contributed by atoms with E-state index < -0.39 is 6.72 Å². The summed E-state index contributed by atoms with van der Waals surface area (Å²) in [4.78, 5) is 0. The van der Waals surface area contributed by atoms with Crippen LogP contribution in [0.15, 0.2) is 24.0 Å². The van der Waals surface area contributed by atoms with Gasteiger partial charge >= 0.3 is 6.72 Å². The second-order valence-electron chi connectivity index (χ2n) is 3.99. The molecule has 1 atom stereocenters. The first-order valence-corrected chi connectivity index (χ1v) is 8.51. The molecule has 1 aromatic rings. The zero-order chi connectivity index (χ0) is 12.5. The van der Waals surface area contributed by atoms with Crippen LogP contribution in [0.5, 0.6) is 5.75 Å². The first-order chi connectivity index (χ1) is 8.03. The van der Waals surface area contributed by atoms with Crippen LogP contribution in [0.1, 0.15) is 31.7 Å². The summed E-state index contributed by atoms with van der Waals surface area (Å²) in [7, 11) is 0. The highest BCUT2D eigenvalue weighted by atomic mass is 35.7. The van der Waals surface area contributed by atoms with Crippen molar-refractivity contribution in [3.8, 4) is 5.75 Å². The number of fused-ring (bicyclic) bond motifs is 1. The molecule has 92 valence electrons. The molecule has 0 bridgehead atoms. The smallest absolute Gasteiger partial charge is 0.359 e. The summed E-state index contributed by atoms with van der Waals surface area (Å²) in [5.41, 5.74) is 1.87. The monoisotopic (exact) mass is 290 g/mol. The fourth-order valence-electron chi connectivity index (χ4n) is 1.83. The Morgan fingerprint density at radius 1 is 1.41 bits per heavy atom. The van der Waals surface area contributed by atoms with Crippen LogP contribution in [-0.2, 0) is 4.57 Å². The van der Waals surface area contributed by atoms with Gasteiger partial charge in [-0.2, -0.15) is 0 Å². The second kappa shape index (κ2) is 5.06. The molecule has 2 nitrogen and oxygen atoms in total. The Morgan fingerprint density at radius 3 is 2.88 bits per heavy atom. The Balaban J connectivity index is 2.47. The van der Waals surface area contributed by atoms with Gasteiger partial charge in [-0.05, 0) is 35.7 Å². The Kier molecular flexibility index (Phi) is 3.87. The van der Waals surface area contributed by atoms with Gasteiger partial charge in [0.25, 0.3) is 0 Å². The normalized spacial score (nSPS) is 22.6. The minimum absolute atomic E-state index is 0.445. The third-order valence-electron chi connectivity index (χ3n) is 2.64. The lowest BCUT2D eigenvalue weighted by molar-refractivity contribution is 0.504. The van der Waals surface area contributed by atoms with E-state index in [2.05, 4.69) is 6.92 Å². The number of halogens is 2. The summed E-state index contributed by atoms with van der Waals surface area (Å²) in [6.45, 7) is -1.11. The number of hydrogen-bond acceptors (Lipinski definition) is 2. The van der Waals surface area contributed by atoms with Crippen molar-refractivity contribution in [2.45, 2.75) is 26.2 Å². The van der Waals surface area contributed by atoms with Crippen LogP contribution < -0.4 is 4.52 Å². The van der Waals surface area contributed by atoms with Crippen LogP contribution in [-0.4, -0.2) is 0 Å². The number of para-hydroxylation sites is 1. The first-order valence-electron chi connectivity index (χ1n) is 5.53. The third-order valence-corrected chi connectivity index (χ3v) is 4.49. The van der Waals surface area contributed by atoms with Gasteiger partial charge in [0, 0.05) is 11.4 Å². The topological polar surface area (TPSA) is 26.3 Å². The Morgan fingerprint density at radius 2 is 2.18 bits per heavy atom. The van der Waals surface area contributed by atoms with E-state index in [-0.39, 0.29) is 0 Å². The van der Waals surface area contributed by atoms with Gasteiger partial charge in [0.1, 0.15) is 0 Å². The fourth-order valence-corrected chi connectivity index (χ4v) is 3.79. The number of benzene rings is 1. The third kappa shape index (κ3) is 2.88. The predicted octanol–water partition coefficient (Wildman–Crippen LogP) is 5.70. The number of unbranched alkanes of at least 4 members (excludes halogenated alkanes) is 1. The number of allylic oxidation sites excluding steroid dienone is 1. The number of rotatable bonds is 3. The van der Waals surface area contributed by atoms with Crippen molar-refractivity contribution in [3.63, 3.8) is 0 Å². The zero-order valence-corrected chi connectivity index (χ0v) is 11.9. The molecule has 1 heterocycles. The van der Waals surface area contributed by atoms with Crippen molar-refractivity contribution in [2.24, 2.45) is 0 Å². The lowest BCUT2D eigenvalue weighted by atomic mass is 10.0. The van der Waals surface area contributed by atoms with E-state index in [4.69, 9.17) is 27.4 Å². The maximum absolute atomic E-state index is 11.9. The van der Waals surface area contributed by atoms with Crippen molar-refractivity contribution in [3.05, 3.63) is 34.6 Å². The highest BCUT2D eigenvalue weighted by Gasteiger charge is 2.28. The molecule has 0 saturated heterocycles. The molecule has 0 radical (unpaired) electrons. The standard InChI is InChI=1S/C12H13Cl2O2P/c1-2-3-5-9-8-17(14,15)16-12-10(9)6-4-7-11(12)13/h4,6-8H,2-3,5H2,1H3. The second-order valence-corrected chi connectivity index (χ2v) is 7.29. The Hall–Kier alpha value is -0.430. The largest absolute Gasteiger partial charge is 0.428 e. The molecule has 1 aliphatic rings. The Labute approximate surface area is 111 Å². The molecule has 0 fully saturated rings. The van der Waals surface area contributed by atoms with E-state index in [1.807, 2.05) is 12.1 Å². The molecule has 5 heteroatoms. The Bertz CT molecular complexity index is 511. The molecule has 17 heavy (non-hydrogen) atoms. The summed E-state index contributed by atoms with van der Waals surface area (Å²) >= 11 is 11.9. The van der Waals surface area contributed by atoms with Gasteiger partial charge in [0.05, 0.1) is 5.02 Å². The molecule has 2 rings (SSSR count). The van der Waals surface area contributed by atoms with Crippen LogP contribution in [0.3, 0.4) is 0 Å². The minimum atomic E-state index is -3.22. The molecule has 0 N–H and O–H groups in total. The molecule has 0 aliphatic carbocycles. The molecule has 0 spiro atoms. The van der Waals surface area contributed by atoms with Crippen molar-refractivity contribution in [2.75, 3.05) is 0 Å². The van der Waals surface area contributed by atoms with Crippen LogP contribution in [0.4, 0.5) is 0 Å². The van der Waals surface area contributed by atoms with Gasteiger partial charge in [0.15, 0.2) is 5.75 Å². The molecule has 0 saturated carbocycles. The van der Waals surface area contributed by atoms with Crippen LogP contribution in [0.2, 0.25) is 5.02 Å². The molecule has 1 aromatic carbocycles. The van der Waals surface area contributed by atoms with Gasteiger partial charge in [-0.1, -0.05) is 37.1 Å². The van der Waals surface area contributed by atoms with E-state index >= 15 is 0 Å². The molecular formula is C12H13Cl2O2P. The average molecular weight is 291 g/mol. The van der Waals surface area contributed by atoms with Gasteiger partial charge in [0.2, 0.25) is 0 Å². The van der Waals surface area contributed by atoms with Gasteiger partial charge in [-0.25, -0.2) is 0 Å². The van der Waals surface area contributed by atoms with Crippen molar-refractivity contribution < 1.29 is 9.09 Å².